The Morgan fingerprint density at radius 2 is 1.58 bits per heavy atom. The van der Waals surface area contributed by atoms with Crippen molar-refractivity contribution in [3.05, 3.63) is 47.5 Å². The quantitative estimate of drug-likeness (QED) is 0.236. The van der Waals surface area contributed by atoms with Gasteiger partial charge < -0.3 is 14.2 Å². The van der Waals surface area contributed by atoms with Gasteiger partial charge in [-0.05, 0) is 73.3 Å². The second kappa shape index (κ2) is 12.0. The van der Waals surface area contributed by atoms with Gasteiger partial charge >= 0.3 is 0 Å². The van der Waals surface area contributed by atoms with E-state index in [2.05, 4.69) is 44.2 Å². The van der Waals surface area contributed by atoms with Crippen LogP contribution in [-0.2, 0) is 19.6 Å². The summed E-state index contributed by atoms with van der Waals surface area (Å²) in [5.41, 5.74) is 3.89. The second-order valence-corrected chi connectivity index (χ2v) is 10.9. The van der Waals surface area contributed by atoms with E-state index in [4.69, 9.17) is 14.2 Å². The molecular weight excluding hydrogens is 408 g/mol. The van der Waals surface area contributed by atoms with Crippen LogP contribution >= 0.6 is 0 Å². The van der Waals surface area contributed by atoms with E-state index in [-0.39, 0.29) is 12.4 Å². The molecular formula is C30H46O3. The van der Waals surface area contributed by atoms with Crippen molar-refractivity contribution < 1.29 is 14.2 Å². The molecule has 4 aliphatic rings. The Kier molecular flexibility index (Phi) is 9.07. The minimum absolute atomic E-state index is 0.0145. The molecule has 5 rings (SSSR count). The molecule has 3 aliphatic carbocycles. The Balaban J connectivity index is 1.25. The molecule has 184 valence electrons. The molecule has 0 aromatic heterocycles. The molecule has 0 amide bonds. The molecule has 4 fully saturated rings. The summed E-state index contributed by atoms with van der Waals surface area (Å²) in [6, 6.07) is 9.35. The van der Waals surface area contributed by atoms with Gasteiger partial charge in [-0.3, -0.25) is 0 Å². The molecule has 2 bridgehead atoms. The second-order valence-electron chi connectivity index (χ2n) is 10.9. The zero-order valence-corrected chi connectivity index (χ0v) is 21.2. The van der Waals surface area contributed by atoms with Crippen LogP contribution in [0.5, 0.6) is 0 Å². The van der Waals surface area contributed by atoms with Crippen LogP contribution in [0.4, 0.5) is 0 Å². The summed E-state index contributed by atoms with van der Waals surface area (Å²) in [6.07, 6.45) is 22.0. The molecule has 0 radical (unpaired) electrons. The van der Waals surface area contributed by atoms with E-state index in [0.717, 1.165) is 6.42 Å². The van der Waals surface area contributed by atoms with Crippen LogP contribution in [0.15, 0.2) is 36.4 Å². The lowest BCUT2D eigenvalue weighted by atomic mass is 9.51. The first-order valence-corrected chi connectivity index (χ1v) is 13.8. The van der Waals surface area contributed by atoms with E-state index in [9.17, 15) is 0 Å². The van der Waals surface area contributed by atoms with Crippen molar-refractivity contribution >= 4 is 0 Å². The van der Waals surface area contributed by atoms with Gasteiger partial charge in [-0.25, -0.2) is 0 Å². The predicted molar refractivity (Wildman–Crippen MR) is 135 cm³/mol. The normalized spacial score (nSPS) is 31.9. The van der Waals surface area contributed by atoms with Crippen molar-refractivity contribution in [2.75, 3.05) is 19.8 Å². The maximum absolute atomic E-state index is 6.08. The molecule has 1 aromatic rings. The highest BCUT2D eigenvalue weighted by Gasteiger charge is 2.48. The number of hydrogen-bond donors (Lipinski definition) is 0. The van der Waals surface area contributed by atoms with E-state index in [1.165, 1.54) is 82.6 Å². The Bertz CT molecular complexity index is 705. The first-order valence-electron chi connectivity index (χ1n) is 13.8. The van der Waals surface area contributed by atoms with Crippen molar-refractivity contribution in [2.24, 2.45) is 5.41 Å². The average molecular weight is 455 g/mol. The van der Waals surface area contributed by atoms with E-state index in [1.54, 1.807) is 5.56 Å². The molecule has 0 spiro atoms. The number of ether oxygens (including phenoxy) is 3. The number of rotatable bonds is 12. The van der Waals surface area contributed by atoms with Crippen LogP contribution < -0.4 is 0 Å². The van der Waals surface area contributed by atoms with Crippen molar-refractivity contribution in [1.82, 2.24) is 0 Å². The Morgan fingerprint density at radius 3 is 2.21 bits per heavy atom. The minimum Gasteiger partial charge on any atom is -0.366 e. The number of allylic oxidation sites excluding steroid dienone is 1. The lowest BCUT2D eigenvalue weighted by Gasteiger charge is -2.54. The predicted octanol–water partition coefficient (Wildman–Crippen LogP) is 8.04. The highest BCUT2D eigenvalue weighted by Crippen LogP contribution is 2.59. The molecule has 2 unspecified atom stereocenters. The number of hydrogen-bond acceptors (Lipinski definition) is 3. The van der Waals surface area contributed by atoms with Gasteiger partial charge in [0, 0.05) is 0 Å². The van der Waals surface area contributed by atoms with Gasteiger partial charge in [0.25, 0.3) is 0 Å². The molecule has 1 aliphatic heterocycles. The van der Waals surface area contributed by atoms with Crippen LogP contribution in [-0.4, -0.2) is 26.1 Å². The average Bonchev–Trinajstić information content (AvgIpc) is 2.88. The standard InChI is InChI=1S/C30H46O3/c1-3-5-7-8-9-15-29-16-19-30(20-17-29,21-18-29)26-13-11-25(12-14-26)27-23-33-28(24-32-27)31-22-10-6-4-2/h6,10-14,27-28H,3-5,7-9,15-24H2,1-2H3/b10-6+. The summed E-state index contributed by atoms with van der Waals surface area (Å²) >= 11 is 0. The summed E-state index contributed by atoms with van der Waals surface area (Å²) in [6.45, 7) is 6.08. The summed E-state index contributed by atoms with van der Waals surface area (Å²) in [7, 11) is 0. The molecule has 3 heteroatoms. The third-order valence-corrected chi connectivity index (χ3v) is 8.75. The topological polar surface area (TPSA) is 27.7 Å². The van der Waals surface area contributed by atoms with Gasteiger partial charge in [-0.2, -0.15) is 0 Å². The maximum Gasteiger partial charge on any atom is 0.181 e. The van der Waals surface area contributed by atoms with Gasteiger partial charge in [0.15, 0.2) is 6.29 Å². The van der Waals surface area contributed by atoms with Gasteiger partial charge in [0.2, 0.25) is 0 Å². The number of fused-ring (bicyclic) bond motifs is 3. The van der Waals surface area contributed by atoms with Crippen LogP contribution in [0.25, 0.3) is 0 Å². The summed E-state index contributed by atoms with van der Waals surface area (Å²) in [5.74, 6) is 0. The first-order chi connectivity index (χ1) is 16.2. The van der Waals surface area contributed by atoms with Gasteiger partial charge in [0.05, 0.1) is 19.8 Å². The third-order valence-electron chi connectivity index (χ3n) is 8.75. The van der Waals surface area contributed by atoms with Crippen molar-refractivity contribution in [3.8, 4) is 0 Å². The molecule has 1 aromatic carbocycles. The monoisotopic (exact) mass is 454 g/mol. The van der Waals surface area contributed by atoms with Crippen molar-refractivity contribution in [1.29, 1.82) is 0 Å². The molecule has 3 nitrogen and oxygen atoms in total. The fourth-order valence-corrected chi connectivity index (χ4v) is 6.40. The Labute approximate surface area is 202 Å². The minimum atomic E-state index is -0.252. The number of benzene rings is 1. The molecule has 1 saturated heterocycles. The van der Waals surface area contributed by atoms with Crippen LogP contribution in [0.1, 0.15) is 115 Å². The van der Waals surface area contributed by atoms with Gasteiger partial charge in [-0.15, -0.1) is 0 Å². The fourth-order valence-electron chi connectivity index (χ4n) is 6.40. The van der Waals surface area contributed by atoms with Crippen LogP contribution in [0.2, 0.25) is 0 Å². The summed E-state index contributed by atoms with van der Waals surface area (Å²) in [4.78, 5) is 0. The van der Waals surface area contributed by atoms with E-state index in [1.807, 2.05) is 6.08 Å². The van der Waals surface area contributed by atoms with Crippen LogP contribution in [0.3, 0.4) is 0 Å². The van der Waals surface area contributed by atoms with Crippen molar-refractivity contribution in [2.45, 2.75) is 115 Å². The van der Waals surface area contributed by atoms with Crippen LogP contribution in [0, 0.1) is 5.41 Å². The highest BCUT2D eigenvalue weighted by atomic mass is 16.7. The molecule has 1 heterocycles. The van der Waals surface area contributed by atoms with E-state index < -0.39 is 0 Å². The maximum atomic E-state index is 6.08. The van der Waals surface area contributed by atoms with Gasteiger partial charge in [0.1, 0.15) is 6.10 Å². The molecule has 3 saturated carbocycles. The lowest BCUT2D eigenvalue weighted by Crippen LogP contribution is -2.44. The largest absolute Gasteiger partial charge is 0.366 e. The van der Waals surface area contributed by atoms with E-state index >= 15 is 0 Å². The zero-order chi connectivity index (χ0) is 23.0. The summed E-state index contributed by atoms with van der Waals surface area (Å²) in [5, 5.41) is 0. The Hall–Kier alpha value is -1.16. The molecule has 0 N–H and O–H groups in total. The SMILES string of the molecule is CC/C=C/COC1COC(c2ccc(C34CCC(CCCCCCC)(CC3)CC4)cc2)CO1. The highest BCUT2D eigenvalue weighted by molar-refractivity contribution is 5.32. The fraction of sp³-hybridized carbons (Fsp3) is 0.733. The first kappa shape index (κ1) is 24.9. The number of unbranched alkanes of at least 4 members (excludes halogenated alkanes) is 4. The zero-order valence-electron chi connectivity index (χ0n) is 21.2. The lowest BCUT2D eigenvalue weighted by molar-refractivity contribution is -0.232. The van der Waals surface area contributed by atoms with Crippen molar-refractivity contribution in [3.63, 3.8) is 0 Å². The molecule has 33 heavy (non-hydrogen) atoms. The Morgan fingerprint density at radius 1 is 0.848 bits per heavy atom. The molecule has 2 atom stereocenters. The third kappa shape index (κ3) is 6.29. The smallest absolute Gasteiger partial charge is 0.181 e. The van der Waals surface area contributed by atoms with Gasteiger partial charge in [-0.1, -0.05) is 82.4 Å². The van der Waals surface area contributed by atoms with E-state index in [0.29, 0.717) is 30.7 Å². The summed E-state index contributed by atoms with van der Waals surface area (Å²) < 4.78 is 17.7.